The van der Waals surface area contributed by atoms with Crippen LogP contribution in [0.2, 0.25) is 0 Å². The predicted octanol–water partition coefficient (Wildman–Crippen LogP) is 0.839. The van der Waals surface area contributed by atoms with Crippen LogP contribution in [-0.2, 0) is 0 Å². The zero-order chi connectivity index (χ0) is 8.20. The lowest BCUT2D eigenvalue weighted by molar-refractivity contribution is 0.440. The molecule has 0 aromatic heterocycles. The fourth-order valence-corrected chi connectivity index (χ4v) is 0.720. The van der Waals surface area contributed by atoms with Gasteiger partial charge in [0.05, 0.1) is 5.54 Å². The predicted molar refractivity (Wildman–Crippen MR) is 44.8 cm³/mol. The molecule has 0 aliphatic carbocycles. The summed E-state index contributed by atoms with van der Waals surface area (Å²) in [5.74, 6) is 0.186. The summed E-state index contributed by atoms with van der Waals surface area (Å²) in [6.45, 7) is 6.21. The van der Waals surface area contributed by atoms with Crippen molar-refractivity contribution in [3.63, 3.8) is 0 Å². The Bertz CT molecular complexity index is 121. The summed E-state index contributed by atoms with van der Waals surface area (Å²) in [4.78, 5) is 4.12. The van der Waals surface area contributed by atoms with E-state index in [1.165, 1.54) is 0 Å². The van der Waals surface area contributed by atoms with Crippen molar-refractivity contribution in [2.24, 2.45) is 16.5 Å². The normalized spacial score (nSPS) is 11.1. The molecule has 0 aliphatic heterocycles. The van der Waals surface area contributed by atoms with Crippen molar-refractivity contribution in [2.75, 3.05) is 0 Å². The molecule has 0 amide bonds. The first-order valence-electron chi connectivity index (χ1n) is 3.65. The number of nitrogens with two attached hydrogens (primary N) is 2. The van der Waals surface area contributed by atoms with Crippen LogP contribution in [0.4, 0.5) is 0 Å². The minimum atomic E-state index is -0.0567. The lowest BCUT2D eigenvalue weighted by atomic mass is 9.97. The SMILES string of the molecule is CCC(C)(CC)N=C(N)N. The molecule has 4 N–H and O–H groups in total. The van der Waals surface area contributed by atoms with Crippen LogP contribution in [0.5, 0.6) is 0 Å². The van der Waals surface area contributed by atoms with E-state index in [9.17, 15) is 0 Å². The Balaban J connectivity index is 4.20. The van der Waals surface area contributed by atoms with E-state index in [-0.39, 0.29) is 11.5 Å². The summed E-state index contributed by atoms with van der Waals surface area (Å²) < 4.78 is 0. The third kappa shape index (κ3) is 2.71. The summed E-state index contributed by atoms with van der Waals surface area (Å²) in [5.41, 5.74) is 10.5. The van der Waals surface area contributed by atoms with Crippen molar-refractivity contribution in [2.45, 2.75) is 39.2 Å². The van der Waals surface area contributed by atoms with Crippen LogP contribution in [0.1, 0.15) is 33.6 Å². The van der Waals surface area contributed by atoms with Crippen molar-refractivity contribution < 1.29 is 0 Å². The highest BCUT2D eigenvalue weighted by Crippen LogP contribution is 2.18. The van der Waals surface area contributed by atoms with Crippen LogP contribution < -0.4 is 11.5 Å². The van der Waals surface area contributed by atoms with Crippen molar-refractivity contribution in [1.29, 1.82) is 0 Å². The van der Waals surface area contributed by atoms with Crippen molar-refractivity contribution in [1.82, 2.24) is 0 Å². The molecular weight excluding hydrogens is 126 g/mol. The molecule has 0 saturated carbocycles. The first-order chi connectivity index (χ1) is 4.54. The second kappa shape index (κ2) is 3.44. The number of guanidine groups is 1. The maximum Gasteiger partial charge on any atom is 0.186 e. The third-order valence-electron chi connectivity index (χ3n) is 1.92. The standard InChI is InChI=1S/C7H17N3/c1-4-7(3,5-2)10-6(8)9/h4-5H2,1-3H3,(H4,8,9,10). The van der Waals surface area contributed by atoms with Crippen molar-refractivity contribution >= 4 is 5.96 Å². The average Bonchev–Trinajstić information content (AvgIpc) is 1.87. The second-order valence-corrected chi connectivity index (χ2v) is 2.74. The van der Waals surface area contributed by atoms with Gasteiger partial charge in [-0.3, -0.25) is 0 Å². The molecule has 3 heteroatoms. The Kier molecular flexibility index (Phi) is 3.19. The van der Waals surface area contributed by atoms with Gasteiger partial charge in [0.2, 0.25) is 0 Å². The number of rotatable bonds is 3. The van der Waals surface area contributed by atoms with Gasteiger partial charge in [0.1, 0.15) is 0 Å². The topological polar surface area (TPSA) is 64.4 Å². The van der Waals surface area contributed by atoms with Gasteiger partial charge in [-0.05, 0) is 19.8 Å². The summed E-state index contributed by atoms with van der Waals surface area (Å²) >= 11 is 0. The van der Waals surface area contributed by atoms with Gasteiger partial charge in [-0.25, -0.2) is 4.99 Å². The Morgan fingerprint density at radius 2 is 1.70 bits per heavy atom. The molecule has 0 bridgehead atoms. The van der Waals surface area contributed by atoms with Crippen molar-refractivity contribution in [3.05, 3.63) is 0 Å². The quantitative estimate of drug-likeness (QED) is 0.454. The summed E-state index contributed by atoms with van der Waals surface area (Å²) in [5, 5.41) is 0. The molecule has 0 saturated heterocycles. The Morgan fingerprint density at radius 3 is 1.80 bits per heavy atom. The minimum absolute atomic E-state index is 0.0567. The largest absolute Gasteiger partial charge is 0.370 e. The van der Waals surface area contributed by atoms with Crippen molar-refractivity contribution in [3.8, 4) is 0 Å². The second-order valence-electron chi connectivity index (χ2n) is 2.74. The van der Waals surface area contributed by atoms with Gasteiger partial charge in [-0.2, -0.15) is 0 Å². The van der Waals surface area contributed by atoms with Crippen LogP contribution >= 0.6 is 0 Å². The van der Waals surface area contributed by atoms with Gasteiger partial charge < -0.3 is 11.5 Å². The van der Waals surface area contributed by atoms with Gasteiger partial charge in [0.25, 0.3) is 0 Å². The number of nitrogens with zero attached hydrogens (tertiary/aromatic N) is 1. The molecule has 3 nitrogen and oxygen atoms in total. The zero-order valence-electron chi connectivity index (χ0n) is 7.02. The maximum atomic E-state index is 5.26. The molecule has 0 radical (unpaired) electrons. The van der Waals surface area contributed by atoms with Crippen LogP contribution in [0.15, 0.2) is 4.99 Å². The summed E-state index contributed by atoms with van der Waals surface area (Å²) in [7, 11) is 0. The fraction of sp³-hybridized carbons (Fsp3) is 0.857. The maximum absolute atomic E-state index is 5.26. The smallest absolute Gasteiger partial charge is 0.186 e. The molecule has 0 aliphatic rings. The molecule has 0 fully saturated rings. The van der Waals surface area contributed by atoms with Gasteiger partial charge in [-0.1, -0.05) is 13.8 Å². The molecule has 0 unspecified atom stereocenters. The van der Waals surface area contributed by atoms with Gasteiger partial charge >= 0.3 is 0 Å². The first-order valence-corrected chi connectivity index (χ1v) is 3.65. The van der Waals surface area contributed by atoms with Gasteiger partial charge in [0, 0.05) is 0 Å². The number of hydrogen-bond acceptors (Lipinski definition) is 1. The molecule has 0 heterocycles. The van der Waals surface area contributed by atoms with E-state index in [1.54, 1.807) is 0 Å². The molecule has 0 aromatic rings. The Hall–Kier alpha value is -0.730. The van der Waals surface area contributed by atoms with E-state index in [1.807, 2.05) is 6.92 Å². The molecule has 60 valence electrons. The van der Waals surface area contributed by atoms with E-state index in [0.717, 1.165) is 12.8 Å². The summed E-state index contributed by atoms with van der Waals surface area (Å²) in [6, 6.07) is 0. The number of hydrogen-bond donors (Lipinski definition) is 2. The van der Waals surface area contributed by atoms with E-state index >= 15 is 0 Å². The molecule has 0 rings (SSSR count). The van der Waals surface area contributed by atoms with Crippen LogP contribution in [0.3, 0.4) is 0 Å². The first kappa shape index (κ1) is 9.27. The average molecular weight is 143 g/mol. The lowest BCUT2D eigenvalue weighted by Crippen LogP contribution is -2.30. The Labute approximate surface area is 62.5 Å². The number of aliphatic imine (C=N–C) groups is 1. The van der Waals surface area contributed by atoms with E-state index in [2.05, 4.69) is 18.8 Å². The Morgan fingerprint density at radius 1 is 1.30 bits per heavy atom. The molecule has 0 aromatic carbocycles. The van der Waals surface area contributed by atoms with Gasteiger partial charge in [0.15, 0.2) is 5.96 Å². The van der Waals surface area contributed by atoms with Crippen LogP contribution in [0, 0.1) is 0 Å². The van der Waals surface area contributed by atoms with E-state index < -0.39 is 0 Å². The third-order valence-corrected chi connectivity index (χ3v) is 1.92. The minimum Gasteiger partial charge on any atom is -0.370 e. The zero-order valence-corrected chi connectivity index (χ0v) is 7.02. The van der Waals surface area contributed by atoms with Gasteiger partial charge in [-0.15, -0.1) is 0 Å². The van der Waals surface area contributed by atoms with Crippen LogP contribution in [0.25, 0.3) is 0 Å². The monoisotopic (exact) mass is 143 g/mol. The highest BCUT2D eigenvalue weighted by Gasteiger charge is 2.17. The van der Waals surface area contributed by atoms with E-state index in [4.69, 9.17) is 11.5 Å². The van der Waals surface area contributed by atoms with Crippen LogP contribution in [-0.4, -0.2) is 11.5 Å². The molecule has 0 atom stereocenters. The summed E-state index contributed by atoms with van der Waals surface area (Å²) in [6.07, 6.45) is 1.95. The highest BCUT2D eigenvalue weighted by atomic mass is 15.0. The fourth-order valence-electron chi connectivity index (χ4n) is 0.720. The molecule has 10 heavy (non-hydrogen) atoms. The molecule has 0 spiro atoms. The highest BCUT2D eigenvalue weighted by molar-refractivity contribution is 5.76. The molecular formula is C7H17N3. The van der Waals surface area contributed by atoms with E-state index in [0.29, 0.717) is 0 Å². The lowest BCUT2D eigenvalue weighted by Gasteiger charge is -2.20.